The minimum absolute atomic E-state index is 0.0852. The second-order valence-electron chi connectivity index (χ2n) is 6.06. The van der Waals surface area contributed by atoms with Crippen LogP contribution in [0, 0.1) is 0 Å². The largest absolute Gasteiger partial charge is 0.438 e. The maximum Gasteiger partial charge on any atom is 0.237 e. The minimum atomic E-state index is 0.0852. The van der Waals surface area contributed by atoms with Gasteiger partial charge < -0.3 is 15.4 Å². The van der Waals surface area contributed by atoms with Gasteiger partial charge >= 0.3 is 0 Å². The van der Waals surface area contributed by atoms with E-state index in [1.165, 1.54) is 5.56 Å². The number of nitrogens with one attached hydrogen (secondary N) is 2. The lowest BCUT2D eigenvalue weighted by Gasteiger charge is -2.18. The number of amides is 1. The van der Waals surface area contributed by atoms with E-state index in [1.807, 2.05) is 36.4 Å². The van der Waals surface area contributed by atoms with Crippen molar-refractivity contribution < 1.29 is 9.53 Å². The van der Waals surface area contributed by atoms with Gasteiger partial charge in [0.15, 0.2) is 0 Å². The van der Waals surface area contributed by atoms with Crippen molar-refractivity contribution in [2.75, 3.05) is 10.6 Å². The Bertz CT molecular complexity index is 911. The highest BCUT2D eigenvalue weighted by Crippen LogP contribution is 2.26. The average Bonchev–Trinajstić information content (AvgIpc) is 2.68. The molecule has 2 aromatic carbocycles. The first-order valence-corrected chi connectivity index (χ1v) is 8.46. The van der Waals surface area contributed by atoms with Gasteiger partial charge in [-0.1, -0.05) is 12.1 Å². The van der Waals surface area contributed by atoms with E-state index in [0.717, 1.165) is 29.1 Å². The van der Waals surface area contributed by atoms with E-state index in [1.54, 1.807) is 18.6 Å². The van der Waals surface area contributed by atoms with E-state index in [0.29, 0.717) is 18.8 Å². The highest BCUT2D eigenvalue weighted by molar-refractivity contribution is 5.94. The molecule has 0 fully saturated rings. The number of carbonyl (C=O) groups excluding carboxylic acids is 1. The molecular weight excluding hydrogens is 328 g/mol. The predicted molar refractivity (Wildman–Crippen MR) is 99.3 cm³/mol. The molecule has 0 spiro atoms. The fraction of sp³-hybridized carbons (Fsp3) is 0.150. The third kappa shape index (κ3) is 3.80. The van der Waals surface area contributed by atoms with Crippen LogP contribution in [0.4, 0.5) is 11.4 Å². The van der Waals surface area contributed by atoms with Crippen LogP contribution in [0.5, 0.6) is 11.6 Å². The van der Waals surface area contributed by atoms with Crippen molar-refractivity contribution in [1.82, 2.24) is 9.97 Å². The van der Waals surface area contributed by atoms with E-state index in [4.69, 9.17) is 4.74 Å². The van der Waals surface area contributed by atoms with Crippen LogP contribution in [-0.2, 0) is 17.8 Å². The molecule has 0 atom stereocenters. The molecule has 4 rings (SSSR count). The summed E-state index contributed by atoms with van der Waals surface area (Å²) < 4.78 is 5.64. The number of benzene rings is 2. The third-order valence-electron chi connectivity index (χ3n) is 4.18. The lowest BCUT2D eigenvalue weighted by atomic mass is 10.0. The van der Waals surface area contributed by atoms with Crippen LogP contribution in [0.15, 0.2) is 61.1 Å². The van der Waals surface area contributed by atoms with Crippen LogP contribution in [0.2, 0.25) is 0 Å². The van der Waals surface area contributed by atoms with E-state index in [2.05, 4.69) is 26.7 Å². The SMILES string of the molecule is O=C1CCc2cc(NCc3ccc(Oc4cnccn4)cc3)ccc2N1. The molecule has 0 aliphatic carbocycles. The van der Waals surface area contributed by atoms with E-state index < -0.39 is 0 Å². The molecule has 2 N–H and O–H groups in total. The lowest BCUT2D eigenvalue weighted by molar-refractivity contribution is -0.116. The molecule has 0 saturated heterocycles. The van der Waals surface area contributed by atoms with E-state index in [-0.39, 0.29) is 5.91 Å². The zero-order valence-electron chi connectivity index (χ0n) is 14.1. The summed E-state index contributed by atoms with van der Waals surface area (Å²) in [6.07, 6.45) is 6.11. The highest BCUT2D eigenvalue weighted by atomic mass is 16.5. The summed E-state index contributed by atoms with van der Waals surface area (Å²) in [5.41, 5.74) is 4.27. The van der Waals surface area contributed by atoms with Gasteiger partial charge in [0.1, 0.15) is 5.75 Å². The molecule has 0 saturated carbocycles. The lowest BCUT2D eigenvalue weighted by Crippen LogP contribution is -2.18. The molecule has 6 heteroatoms. The van der Waals surface area contributed by atoms with Gasteiger partial charge in [0.05, 0.1) is 6.20 Å². The molecule has 1 aliphatic heterocycles. The molecule has 26 heavy (non-hydrogen) atoms. The summed E-state index contributed by atoms with van der Waals surface area (Å²) in [7, 11) is 0. The van der Waals surface area contributed by atoms with Crippen molar-refractivity contribution in [3.05, 3.63) is 72.2 Å². The Morgan fingerprint density at radius 1 is 1.08 bits per heavy atom. The van der Waals surface area contributed by atoms with Crippen LogP contribution in [0.25, 0.3) is 0 Å². The maximum absolute atomic E-state index is 11.4. The molecule has 130 valence electrons. The number of carbonyl (C=O) groups is 1. The Morgan fingerprint density at radius 2 is 1.96 bits per heavy atom. The molecule has 0 radical (unpaired) electrons. The number of nitrogens with zero attached hydrogens (tertiary/aromatic N) is 2. The second-order valence-corrected chi connectivity index (χ2v) is 6.06. The van der Waals surface area contributed by atoms with Gasteiger partial charge in [0, 0.05) is 36.7 Å². The van der Waals surface area contributed by atoms with Gasteiger partial charge in [0.2, 0.25) is 11.8 Å². The topological polar surface area (TPSA) is 76.1 Å². The molecule has 0 bridgehead atoms. The van der Waals surface area contributed by atoms with Crippen LogP contribution < -0.4 is 15.4 Å². The number of aromatic nitrogens is 2. The fourth-order valence-corrected chi connectivity index (χ4v) is 2.83. The molecule has 1 aliphatic rings. The van der Waals surface area contributed by atoms with Gasteiger partial charge in [-0.05, 0) is 47.9 Å². The summed E-state index contributed by atoms with van der Waals surface area (Å²) in [5.74, 6) is 1.28. The van der Waals surface area contributed by atoms with E-state index in [9.17, 15) is 4.79 Å². The van der Waals surface area contributed by atoms with Gasteiger partial charge in [-0.25, -0.2) is 4.98 Å². The molecular formula is C20H18N4O2. The molecule has 1 amide bonds. The standard InChI is InChI=1S/C20H18N4O2/c25-19-8-3-15-11-16(4-7-18(15)24-19)23-12-14-1-5-17(6-2-14)26-20-13-21-9-10-22-20/h1-2,4-7,9-11,13,23H,3,8,12H2,(H,24,25). The first-order valence-electron chi connectivity index (χ1n) is 8.46. The number of fused-ring (bicyclic) bond motifs is 1. The minimum Gasteiger partial charge on any atom is -0.438 e. The van der Waals surface area contributed by atoms with E-state index >= 15 is 0 Å². The smallest absolute Gasteiger partial charge is 0.237 e. The van der Waals surface area contributed by atoms with Gasteiger partial charge in [-0.15, -0.1) is 0 Å². The summed E-state index contributed by atoms with van der Waals surface area (Å²) in [6.45, 7) is 0.705. The second kappa shape index (κ2) is 7.23. The van der Waals surface area contributed by atoms with Crippen molar-refractivity contribution in [3.63, 3.8) is 0 Å². The molecule has 6 nitrogen and oxygen atoms in total. The Kier molecular flexibility index (Phi) is 4.47. The predicted octanol–water partition coefficient (Wildman–Crippen LogP) is 3.77. The molecule has 1 aromatic heterocycles. The van der Waals surface area contributed by atoms with Crippen molar-refractivity contribution in [2.45, 2.75) is 19.4 Å². The Morgan fingerprint density at radius 3 is 2.77 bits per heavy atom. The van der Waals surface area contributed by atoms with Gasteiger partial charge in [-0.3, -0.25) is 9.78 Å². The first kappa shape index (κ1) is 16.1. The van der Waals surface area contributed by atoms with Gasteiger partial charge in [-0.2, -0.15) is 0 Å². The summed E-state index contributed by atoms with van der Waals surface area (Å²) in [6, 6.07) is 13.9. The van der Waals surface area contributed by atoms with Crippen molar-refractivity contribution >= 4 is 17.3 Å². The van der Waals surface area contributed by atoms with Crippen LogP contribution in [0.1, 0.15) is 17.5 Å². The zero-order chi connectivity index (χ0) is 17.8. The third-order valence-corrected chi connectivity index (χ3v) is 4.18. The summed E-state index contributed by atoms with van der Waals surface area (Å²) in [5, 5.41) is 6.31. The average molecular weight is 346 g/mol. The monoisotopic (exact) mass is 346 g/mol. The number of rotatable bonds is 5. The number of hydrogen-bond donors (Lipinski definition) is 2. The summed E-state index contributed by atoms with van der Waals surface area (Å²) in [4.78, 5) is 19.5. The number of ether oxygens (including phenoxy) is 1. The normalized spacial score (nSPS) is 12.8. The zero-order valence-corrected chi connectivity index (χ0v) is 14.1. The Balaban J connectivity index is 1.37. The number of hydrogen-bond acceptors (Lipinski definition) is 5. The Labute approximate surface area is 151 Å². The maximum atomic E-state index is 11.4. The quantitative estimate of drug-likeness (QED) is 0.735. The van der Waals surface area contributed by atoms with Crippen molar-refractivity contribution in [3.8, 4) is 11.6 Å². The highest BCUT2D eigenvalue weighted by Gasteiger charge is 2.14. The Hall–Kier alpha value is -3.41. The number of anilines is 2. The van der Waals surface area contributed by atoms with Crippen LogP contribution in [0.3, 0.4) is 0 Å². The fourth-order valence-electron chi connectivity index (χ4n) is 2.83. The van der Waals surface area contributed by atoms with Gasteiger partial charge in [0.25, 0.3) is 0 Å². The molecule has 3 aromatic rings. The van der Waals surface area contributed by atoms with Crippen LogP contribution in [-0.4, -0.2) is 15.9 Å². The first-order chi connectivity index (χ1) is 12.8. The van der Waals surface area contributed by atoms with Crippen LogP contribution >= 0.6 is 0 Å². The molecule has 2 heterocycles. The number of aryl methyl sites for hydroxylation is 1. The van der Waals surface area contributed by atoms with Crippen molar-refractivity contribution in [1.29, 1.82) is 0 Å². The summed E-state index contributed by atoms with van der Waals surface area (Å²) >= 11 is 0. The van der Waals surface area contributed by atoms with Crippen molar-refractivity contribution in [2.24, 2.45) is 0 Å². The molecule has 0 unspecified atom stereocenters.